The molecular weight excluding hydrogens is 344 g/mol. The van der Waals surface area contributed by atoms with Gasteiger partial charge in [0.15, 0.2) is 5.16 Å². The van der Waals surface area contributed by atoms with Gasteiger partial charge >= 0.3 is 0 Å². The molecule has 1 atom stereocenters. The molecule has 26 heavy (non-hydrogen) atoms. The zero-order valence-corrected chi connectivity index (χ0v) is 16.1. The summed E-state index contributed by atoms with van der Waals surface area (Å²) in [6, 6.07) is 8.27. The van der Waals surface area contributed by atoms with Gasteiger partial charge in [-0.3, -0.25) is 4.79 Å². The van der Waals surface area contributed by atoms with Crippen molar-refractivity contribution < 1.29 is 0 Å². The Morgan fingerprint density at radius 2 is 2.15 bits per heavy atom. The monoisotopic (exact) mass is 366 g/mol. The highest BCUT2D eigenvalue weighted by Crippen LogP contribution is 2.42. The van der Waals surface area contributed by atoms with Crippen LogP contribution in [0, 0.1) is 0 Å². The highest BCUT2D eigenvalue weighted by molar-refractivity contribution is 7.99. The molecule has 2 heterocycles. The van der Waals surface area contributed by atoms with E-state index in [1.807, 2.05) is 19.2 Å². The highest BCUT2D eigenvalue weighted by Gasteiger charge is 2.38. The van der Waals surface area contributed by atoms with Crippen molar-refractivity contribution in [2.75, 3.05) is 5.75 Å². The molecule has 1 aliphatic carbocycles. The molecular formula is C20H22N4OS. The first kappa shape index (κ1) is 17.1. The largest absolute Gasteiger partial charge is 0.268 e. The predicted octanol–water partition coefficient (Wildman–Crippen LogP) is 3.60. The normalized spacial score (nSPS) is 18.6. The van der Waals surface area contributed by atoms with Crippen molar-refractivity contribution in [1.29, 1.82) is 0 Å². The first-order valence-corrected chi connectivity index (χ1v) is 9.81. The molecule has 4 rings (SSSR count). The predicted molar refractivity (Wildman–Crippen MR) is 106 cm³/mol. The lowest BCUT2D eigenvalue weighted by atomic mass is 9.69. The lowest BCUT2D eigenvalue weighted by molar-refractivity contribution is 0.439. The Morgan fingerprint density at radius 3 is 2.88 bits per heavy atom. The van der Waals surface area contributed by atoms with Gasteiger partial charge in [-0.2, -0.15) is 0 Å². The first-order chi connectivity index (χ1) is 12.5. The van der Waals surface area contributed by atoms with Gasteiger partial charge in [0.1, 0.15) is 0 Å². The Hall–Kier alpha value is -2.34. The molecule has 0 bridgehead atoms. The number of hydrogen-bond acceptors (Lipinski definition) is 4. The maximum atomic E-state index is 13.6. The fourth-order valence-corrected chi connectivity index (χ4v) is 4.54. The van der Waals surface area contributed by atoms with Gasteiger partial charge in [-0.15, -0.1) is 11.7 Å². The number of nitrogens with zero attached hydrogens (tertiary/aromatic N) is 4. The summed E-state index contributed by atoms with van der Waals surface area (Å²) < 4.78 is 3.35. The molecule has 2 aromatic heterocycles. The zero-order chi connectivity index (χ0) is 18.5. The van der Waals surface area contributed by atoms with Gasteiger partial charge in [-0.05, 0) is 18.4 Å². The molecule has 1 aliphatic rings. The third kappa shape index (κ3) is 2.35. The second-order valence-electron chi connectivity index (χ2n) is 7.03. The Bertz CT molecular complexity index is 1080. The summed E-state index contributed by atoms with van der Waals surface area (Å²) in [5, 5.41) is 5.19. The molecule has 0 saturated carbocycles. The Morgan fingerprint density at radius 1 is 1.38 bits per heavy atom. The van der Waals surface area contributed by atoms with Crippen molar-refractivity contribution in [2.24, 2.45) is 7.05 Å². The van der Waals surface area contributed by atoms with Crippen LogP contribution in [0.5, 0.6) is 0 Å². The SMILES string of the molecule is C=CCSc1nn(C)c2nc3c(c(=O)n12)C(C)(CC)Cc1ccccc1-3. The van der Waals surface area contributed by atoms with Crippen LogP contribution in [0.3, 0.4) is 0 Å². The second-order valence-corrected chi connectivity index (χ2v) is 8.02. The second kappa shape index (κ2) is 6.13. The minimum absolute atomic E-state index is 0.00325. The van der Waals surface area contributed by atoms with E-state index in [0.29, 0.717) is 16.7 Å². The van der Waals surface area contributed by atoms with Crippen LogP contribution >= 0.6 is 11.8 Å². The maximum absolute atomic E-state index is 13.6. The number of aryl methyl sites for hydroxylation is 1. The quantitative estimate of drug-likeness (QED) is 0.523. The van der Waals surface area contributed by atoms with E-state index >= 15 is 0 Å². The molecule has 6 heteroatoms. The number of benzene rings is 1. The fourth-order valence-electron chi connectivity index (χ4n) is 3.80. The van der Waals surface area contributed by atoms with Crippen LogP contribution in [0.2, 0.25) is 0 Å². The van der Waals surface area contributed by atoms with E-state index in [9.17, 15) is 4.79 Å². The van der Waals surface area contributed by atoms with Gasteiger partial charge in [0, 0.05) is 23.8 Å². The summed E-state index contributed by atoms with van der Waals surface area (Å²) in [5.74, 6) is 1.28. The number of thioether (sulfide) groups is 1. The van der Waals surface area contributed by atoms with E-state index in [-0.39, 0.29) is 11.0 Å². The number of fused-ring (bicyclic) bond motifs is 4. The van der Waals surface area contributed by atoms with E-state index in [0.717, 1.165) is 29.7 Å². The zero-order valence-electron chi connectivity index (χ0n) is 15.3. The van der Waals surface area contributed by atoms with Crippen LogP contribution in [0.4, 0.5) is 0 Å². The molecule has 0 N–H and O–H groups in total. The Labute approximate surface area is 156 Å². The number of rotatable bonds is 4. The van der Waals surface area contributed by atoms with Crippen LogP contribution < -0.4 is 5.56 Å². The van der Waals surface area contributed by atoms with Crippen molar-refractivity contribution in [3.8, 4) is 11.3 Å². The van der Waals surface area contributed by atoms with E-state index in [1.54, 1.807) is 9.08 Å². The van der Waals surface area contributed by atoms with Gasteiger partial charge in [-0.25, -0.2) is 14.1 Å². The van der Waals surface area contributed by atoms with Gasteiger partial charge in [0.25, 0.3) is 5.56 Å². The average molecular weight is 366 g/mol. The Kier molecular flexibility index (Phi) is 4.03. The molecule has 0 saturated heterocycles. The smallest absolute Gasteiger partial charge is 0.265 e. The van der Waals surface area contributed by atoms with E-state index in [1.165, 1.54) is 17.3 Å². The van der Waals surface area contributed by atoms with Crippen LogP contribution in [-0.2, 0) is 18.9 Å². The van der Waals surface area contributed by atoms with Crippen molar-refractivity contribution in [2.45, 2.75) is 37.3 Å². The van der Waals surface area contributed by atoms with Crippen LogP contribution in [0.1, 0.15) is 31.4 Å². The topological polar surface area (TPSA) is 52.2 Å². The van der Waals surface area contributed by atoms with Crippen molar-refractivity contribution in [1.82, 2.24) is 19.2 Å². The molecule has 0 radical (unpaired) electrons. The summed E-state index contributed by atoms with van der Waals surface area (Å²) in [5.41, 5.74) is 3.71. The number of aromatic nitrogens is 4. The van der Waals surface area contributed by atoms with Gasteiger partial charge in [-0.1, -0.05) is 56.0 Å². The van der Waals surface area contributed by atoms with E-state index in [4.69, 9.17) is 4.98 Å². The molecule has 1 unspecified atom stereocenters. The highest BCUT2D eigenvalue weighted by atomic mass is 32.2. The molecule has 0 aliphatic heterocycles. The van der Waals surface area contributed by atoms with Crippen LogP contribution in [-0.4, -0.2) is 24.9 Å². The fraction of sp³-hybridized carbons (Fsp3) is 0.350. The summed E-state index contributed by atoms with van der Waals surface area (Å²) >= 11 is 1.50. The summed E-state index contributed by atoms with van der Waals surface area (Å²) in [4.78, 5) is 18.5. The average Bonchev–Trinajstić information content (AvgIpc) is 2.96. The number of hydrogen-bond donors (Lipinski definition) is 0. The summed E-state index contributed by atoms with van der Waals surface area (Å²) in [6.45, 7) is 8.07. The summed E-state index contributed by atoms with van der Waals surface area (Å²) in [6.07, 6.45) is 3.55. The van der Waals surface area contributed by atoms with E-state index < -0.39 is 0 Å². The summed E-state index contributed by atoms with van der Waals surface area (Å²) in [7, 11) is 1.83. The molecule has 0 spiro atoms. The van der Waals surface area contributed by atoms with Crippen molar-refractivity contribution in [3.05, 3.63) is 58.4 Å². The third-order valence-electron chi connectivity index (χ3n) is 5.35. The minimum Gasteiger partial charge on any atom is -0.268 e. The maximum Gasteiger partial charge on any atom is 0.265 e. The Balaban J connectivity index is 2.10. The molecule has 1 aromatic carbocycles. The lowest BCUT2D eigenvalue weighted by Gasteiger charge is -2.34. The first-order valence-electron chi connectivity index (χ1n) is 8.82. The van der Waals surface area contributed by atoms with Gasteiger partial charge < -0.3 is 0 Å². The molecule has 5 nitrogen and oxygen atoms in total. The van der Waals surface area contributed by atoms with Gasteiger partial charge in [0.05, 0.1) is 11.3 Å². The molecule has 134 valence electrons. The minimum atomic E-state index is -0.231. The lowest BCUT2D eigenvalue weighted by Crippen LogP contribution is -2.37. The van der Waals surface area contributed by atoms with Crippen LogP contribution in [0.25, 0.3) is 17.0 Å². The third-order valence-corrected chi connectivity index (χ3v) is 6.27. The van der Waals surface area contributed by atoms with Crippen molar-refractivity contribution in [3.63, 3.8) is 0 Å². The standard InChI is InChI=1S/C20H22N4OS/c1-5-11-26-19-22-23(4)18-21-16-14-10-8-7-9-13(14)12-20(3,6-2)15(16)17(25)24(18)19/h5,7-10H,1,6,11-12H2,2-4H3. The van der Waals surface area contributed by atoms with E-state index in [2.05, 4.69) is 43.7 Å². The van der Waals surface area contributed by atoms with Gasteiger partial charge in [0.2, 0.25) is 5.78 Å². The van der Waals surface area contributed by atoms with Crippen molar-refractivity contribution >= 4 is 17.5 Å². The molecule has 0 fully saturated rings. The molecule has 0 amide bonds. The molecule has 3 aromatic rings. The van der Waals surface area contributed by atoms with Crippen LogP contribution in [0.15, 0.2) is 46.9 Å².